The van der Waals surface area contributed by atoms with Crippen LogP contribution in [0.4, 0.5) is 0 Å². The number of aliphatic hydroxyl groups excluding tert-OH is 4. The van der Waals surface area contributed by atoms with Crippen LogP contribution in [0.15, 0.2) is 61.3 Å². The summed E-state index contributed by atoms with van der Waals surface area (Å²) < 4.78 is 4.98. The summed E-state index contributed by atoms with van der Waals surface area (Å²) in [6.07, 6.45) is 14.6. The fraction of sp³-hybridized carbons (Fsp3) is 0.656. The van der Waals surface area contributed by atoms with Crippen molar-refractivity contribution in [1.82, 2.24) is 0 Å². The zero-order valence-corrected chi connectivity index (χ0v) is 24.2. The number of carbonyl (C=O) groups is 1. The number of allylic oxidation sites excluding steroid dienone is 8. The number of hydrogen-bond donors (Lipinski definition) is 4. The summed E-state index contributed by atoms with van der Waals surface area (Å²) in [6, 6.07) is 0. The van der Waals surface area contributed by atoms with E-state index in [1.807, 2.05) is 19.1 Å². The van der Waals surface area contributed by atoms with Gasteiger partial charge in [-0.2, -0.15) is 0 Å². The maximum absolute atomic E-state index is 12.1. The molecule has 0 radical (unpaired) electrons. The quantitative estimate of drug-likeness (QED) is 0.222. The predicted octanol–water partition coefficient (Wildman–Crippen LogP) is 5.35. The Balaban J connectivity index is 3.19. The molecule has 0 saturated carbocycles. The molecular weight excluding hydrogens is 480 g/mol. The summed E-state index contributed by atoms with van der Waals surface area (Å²) in [5.74, 6) is 0.145. The minimum Gasteiger partial charge on any atom is -0.430 e. The van der Waals surface area contributed by atoms with E-state index in [-0.39, 0.29) is 24.2 Å². The number of aliphatic hydroxyl groups is 4. The molecule has 1 heterocycles. The van der Waals surface area contributed by atoms with Gasteiger partial charge in [0.1, 0.15) is 6.10 Å². The van der Waals surface area contributed by atoms with Crippen molar-refractivity contribution in [3.8, 4) is 0 Å². The van der Waals surface area contributed by atoms with Crippen LogP contribution in [-0.4, -0.2) is 51.0 Å². The molecule has 1 aliphatic rings. The Hall–Kier alpha value is -1.99. The highest BCUT2D eigenvalue weighted by Crippen LogP contribution is 2.31. The topological polar surface area (TPSA) is 107 Å². The molecule has 0 saturated heterocycles. The first-order chi connectivity index (χ1) is 17.9. The van der Waals surface area contributed by atoms with E-state index in [4.69, 9.17) is 4.74 Å². The molecule has 0 fully saturated rings. The van der Waals surface area contributed by atoms with Crippen LogP contribution < -0.4 is 0 Å². The first kappa shape index (κ1) is 34.0. The first-order valence-electron chi connectivity index (χ1n) is 14.1. The van der Waals surface area contributed by atoms with Crippen LogP contribution >= 0.6 is 0 Å². The molecule has 11 atom stereocenters. The molecule has 0 bridgehead atoms. The van der Waals surface area contributed by atoms with Gasteiger partial charge in [0.25, 0.3) is 0 Å². The van der Waals surface area contributed by atoms with Gasteiger partial charge >= 0.3 is 5.97 Å². The van der Waals surface area contributed by atoms with E-state index in [1.165, 1.54) is 6.08 Å². The molecule has 0 spiro atoms. The minimum absolute atomic E-state index is 0.0332. The summed E-state index contributed by atoms with van der Waals surface area (Å²) in [4.78, 5) is 12.1. The Labute approximate surface area is 230 Å². The second kappa shape index (κ2) is 17.6. The van der Waals surface area contributed by atoms with Crippen molar-refractivity contribution in [3.05, 3.63) is 61.3 Å². The van der Waals surface area contributed by atoms with E-state index in [0.717, 1.165) is 6.42 Å². The molecule has 1 aliphatic heterocycles. The third kappa shape index (κ3) is 12.2. The van der Waals surface area contributed by atoms with Crippen LogP contribution in [0.1, 0.15) is 67.2 Å². The number of rotatable bonds is 3. The van der Waals surface area contributed by atoms with Crippen LogP contribution in [0.25, 0.3) is 0 Å². The fourth-order valence-corrected chi connectivity index (χ4v) is 4.97. The van der Waals surface area contributed by atoms with Crippen molar-refractivity contribution >= 4 is 5.97 Å². The smallest absolute Gasteiger partial charge is 0.333 e. The zero-order valence-electron chi connectivity index (χ0n) is 24.2. The van der Waals surface area contributed by atoms with Crippen molar-refractivity contribution in [3.63, 3.8) is 0 Å². The van der Waals surface area contributed by atoms with Gasteiger partial charge in [-0.05, 0) is 67.1 Å². The number of esters is 1. The lowest BCUT2D eigenvalue weighted by Gasteiger charge is -2.29. The van der Waals surface area contributed by atoms with E-state index in [0.29, 0.717) is 30.6 Å². The molecule has 0 aliphatic carbocycles. The summed E-state index contributed by atoms with van der Waals surface area (Å²) in [5, 5.41) is 41.8. The average Bonchev–Trinajstić information content (AvgIpc) is 2.88. The van der Waals surface area contributed by atoms with Crippen molar-refractivity contribution in [2.75, 3.05) is 0 Å². The lowest BCUT2D eigenvalue weighted by atomic mass is 9.77. The lowest BCUT2D eigenvalue weighted by Crippen LogP contribution is -2.36. The normalized spacial score (nSPS) is 38.2. The first-order valence-corrected chi connectivity index (χ1v) is 14.1. The van der Waals surface area contributed by atoms with Crippen LogP contribution in [0.3, 0.4) is 0 Å². The molecule has 1 rings (SSSR count). The zero-order chi connectivity index (χ0) is 28.8. The van der Waals surface area contributed by atoms with Crippen molar-refractivity contribution in [1.29, 1.82) is 0 Å². The maximum atomic E-state index is 12.1. The van der Waals surface area contributed by atoms with Crippen LogP contribution in [0, 0.1) is 41.4 Å². The number of carbonyl (C=O) groups excluding carboxylic acids is 1. The van der Waals surface area contributed by atoms with Crippen molar-refractivity contribution in [2.45, 2.75) is 91.8 Å². The van der Waals surface area contributed by atoms with E-state index >= 15 is 0 Å². The lowest BCUT2D eigenvalue weighted by molar-refractivity contribution is -0.187. The van der Waals surface area contributed by atoms with Gasteiger partial charge in [-0.3, -0.25) is 0 Å². The monoisotopic (exact) mass is 532 g/mol. The van der Waals surface area contributed by atoms with E-state index in [1.54, 1.807) is 19.1 Å². The van der Waals surface area contributed by atoms with Crippen LogP contribution in [-0.2, 0) is 9.53 Å². The van der Waals surface area contributed by atoms with E-state index in [9.17, 15) is 25.2 Å². The summed E-state index contributed by atoms with van der Waals surface area (Å²) in [6.45, 7) is 16.2. The third-order valence-corrected chi connectivity index (χ3v) is 8.06. The molecule has 0 unspecified atom stereocenters. The van der Waals surface area contributed by atoms with Gasteiger partial charge in [0.2, 0.25) is 6.29 Å². The SMILES string of the molecule is C=CC=C[C@H](C)[C@@H]1C[C@H](C)C=C[C@H](C)[C@@H](C)[C@@H](O)C[C@@H](O)CC[C@H](C)[C@H](O)[C@@H](O)OC(=O)C=CC=C[C@H]1C. The minimum atomic E-state index is -1.67. The van der Waals surface area contributed by atoms with E-state index < -0.39 is 36.5 Å². The highest BCUT2D eigenvalue weighted by molar-refractivity contribution is 5.82. The fourth-order valence-electron chi connectivity index (χ4n) is 4.97. The molecule has 6 heteroatoms. The standard InChI is InChI=1S/C32H52O6/c1-8-9-12-23(4)28-19-21(2)15-16-22(3)26(7)29(34)20-27(33)18-17-25(6)31(36)32(37)38-30(35)14-11-10-13-24(28)5/h8-16,21-29,31-34,36-37H,1,17-20H2,2-7H3/t21-,22+,23+,24-,25+,26-,27+,28+,29+,31+,32+/m1/s1. The predicted molar refractivity (Wildman–Crippen MR) is 154 cm³/mol. The second-order valence-corrected chi connectivity index (χ2v) is 11.4. The molecule has 4 N–H and O–H groups in total. The van der Waals surface area contributed by atoms with Gasteiger partial charge in [0, 0.05) is 6.08 Å². The molecule has 6 nitrogen and oxygen atoms in total. The molecule has 0 aromatic heterocycles. The van der Waals surface area contributed by atoms with Gasteiger partial charge in [0.15, 0.2) is 0 Å². The Morgan fingerprint density at radius 3 is 2.29 bits per heavy atom. The molecular formula is C32H52O6. The van der Waals surface area contributed by atoms with Crippen LogP contribution in [0.5, 0.6) is 0 Å². The largest absolute Gasteiger partial charge is 0.430 e. The van der Waals surface area contributed by atoms with Gasteiger partial charge in [0.05, 0.1) is 12.2 Å². The number of ether oxygens (including phenoxy) is 1. The molecule has 0 amide bonds. The Morgan fingerprint density at radius 2 is 1.63 bits per heavy atom. The molecule has 0 aromatic carbocycles. The molecule has 38 heavy (non-hydrogen) atoms. The summed E-state index contributed by atoms with van der Waals surface area (Å²) >= 11 is 0. The van der Waals surface area contributed by atoms with Crippen molar-refractivity contribution < 1.29 is 30.0 Å². The third-order valence-electron chi connectivity index (χ3n) is 8.06. The number of hydrogen-bond acceptors (Lipinski definition) is 6. The Morgan fingerprint density at radius 1 is 0.947 bits per heavy atom. The van der Waals surface area contributed by atoms with Gasteiger partial charge in [-0.25, -0.2) is 4.79 Å². The summed E-state index contributed by atoms with van der Waals surface area (Å²) in [5.41, 5.74) is 0. The van der Waals surface area contributed by atoms with Crippen LogP contribution in [0.2, 0.25) is 0 Å². The summed E-state index contributed by atoms with van der Waals surface area (Å²) in [7, 11) is 0. The van der Waals surface area contributed by atoms with Gasteiger partial charge < -0.3 is 25.2 Å². The second-order valence-electron chi connectivity index (χ2n) is 11.4. The van der Waals surface area contributed by atoms with Gasteiger partial charge in [-0.15, -0.1) is 0 Å². The Kier molecular flexibility index (Phi) is 15.7. The van der Waals surface area contributed by atoms with E-state index in [2.05, 4.69) is 58.6 Å². The maximum Gasteiger partial charge on any atom is 0.333 e. The average molecular weight is 533 g/mol. The Bertz CT molecular complexity index is 815. The van der Waals surface area contributed by atoms with Crippen molar-refractivity contribution in [2.24, 2.45) is 41.4 Å². The highest BCUT2D eigenvalue weighted by Gasteiger charge is 2.28. The molecule has 0 aromatic rings. The highest BCUT2D eigenvalue weighted by atomic mass is 16.6. The molecule has 216 valence electrons. The van der Waals surface area contributed by atoms with Gasteiger partial charge in [-0.1, -0.05) is 96.7 Å². The number of cyclic esters (lactones) is 1.